The van der Waals surface area contributed by atoms with Crippen LogP contribution in [0.1, 0.15) is 10.4 Å². The third-order valence-electron chi connectivity index (χ3n) is 2.12. The molecular formula is C10H10O3. The summed E-state index contributed by atoms with van der Waals surface area (Å²) in [5, 5.41) is 0. The highest BCUT2D eigenvalue weighted by Gasteiger charge is 2.27. The molecule has 3 heteroatoms. The average Bonchev–Trinajstić information content (AvgIpc) is 2.19. The Morgan fingerprint density at radius 3 is 3.00 bits per heavy atom. The van der Waals surface area contributed by atoms with Gasteiger partial charge >= 0.3 is 0 Å². The van der Waals surface area contributed by atoms with Gasteiger partial charge in [0, 0.05) is 7.11 Å². The zero-order chi connectivity index (χ0) is 9.26. The average molecular weight is 178 g/mol. The Kier molecular flexibility index (Phi) is 2.02. The van der Waals surface area contributed by atoms with E-state index in [1.54, 1.807) is 12.1 Å². The summed E-state index contributed by atoms with van der Waals surface area (Å²) in [7, 11) is 1.51. The molecule has 3 nitrogen and oxygen atoms in total. The Hall–Kier alpha value is -1.35. The van der Waals surface area contributed by atoms with Crippen molar-refractivity contribution in [3.05, 3.63) is 29.8 Å². The number of Topliss-reactive ketones (excluding diaryl/α,β-unsaturated/α-hetero) is 1. The highest BCUT2D eigenvalue weighted by Crippen LogP contribution is 2.24. The van der Waals surface area contributed by atoms with Crippen LogP contribution in [0, 0.1) is 0 Å². The molecule has 0 amide bonds. The summed E-state index contributed by atoms with van der Waals surface area (Å²) in [6.07, 6.45) is -0.449. The summed E-state index contributed by atoms with van der Waals surface area (Å²) in [4.78, 5) is 11.6. The number of hydrogen-bond acceptors (Lipinski definition) is 3. The zero-order valence-electron chi connectivity index (χ0n) is 7.32. The standard InChI is InChI=1S/C10H10O3/c1-12-9-6-13-8-5-3-2-4-7(8)10(9)11/h2-5,9H,6H2,1H3. The number of rotatable bonds is 1. The Morgan fingerprint density at radius 1 is 1.46 bits per heavy atom. The molecule has 0 N–H and O–H groups in total. The Morgan fingerprint density at radius 2 is 2.23 bits per heavy atom. The van der Waals surface area contributed by atoms with E-state index in [0.717, 1.165) is 0 Å². The molecule has 0 fully saturated rings. The molecule has 1 aromatic carbocycles. The second kappa shape index (κ2) is 3.18. The van der Waals surface area contributed by atoms with Gasteiger partial charge in [-0.05, 0) is 12.1 Å². The smallest absolute Gasteiger partial charge is 0.198 e. The largest absolute Gasteiger partial charge is 0.490 e. The molecule has 1 aromatic rings. The van der Waals surface area contributed by atoms with E-state index in [1.807, 2.05) is 12.1 Å². The number of fused-ring (bicyclic) bond motifs is 1. The van der Waals surface area contributed by atoms with Crippen molar-refractivity contribution in [2.24, 2.45) is 0 Å². The van der Waals surface area contributed by atoms with Gasteiger partial charge in [0.25, 0.3) is 0 Å². The van der Waals surface area contributed by atoms with Crippen LogP contribution in [-0.2, 0) is 4.74 Å². The predicted octanol–water partition coefficient (Wildman–Crippen LogP) is 1.28. The van der Waals surface area contributed by atoms with E-state index in [9.17, 15) is 4.79 Å². The van der Waals surface area contributed by atoms with Crippen LogP contribution in [0.3, 0.4) is 0 Å². The number of carbonyl (C=O) groups is 1. The van der Waals surface area contributed by atoms with Gasteiger partial charge in [-0.1, -0.05) is 12.1 Å². The minimum Gasteiger partial charge on any atom is -0.490 e. The van der Waals surface area contributed by atoms with Crippen molar-refractivity contribution >= 4 is 5.78 Å². The van der Waals surface area contributed by atoms with E-state index in [0.29, 0.717) is 17.9 Å². The van der Waals surface area contributed by atoms with Gasteiger partial charge in [0.1, 0.15) is 12.4 Å². The van der Waals surface area contributed by atoms with Gasteiger partial charge in [0.05, 0.1) is 5.56 Å². The van der Waals surface area contributed by atoms with Crippen molar-refractivity contribution in [2.45, 2.75) is 6.10 Å². The molecule has 68 valence electrons. The van der Waals surface area contributed by atoms with Crippen molar-refractivity contribution in [3.63, 3.8) is 0 Å². The first-order valence-electron chi connectivity index (χ1n) is 4.12. The lowest BCUT2D eigenvalue weighted by Crippen LogP contribution is -2.34. The van der Waals surface area contributed by atoms with Crippen LogP contribution in [0.2, 0.25) is 0 Å². The topological polar surface area (TPSA) is 35.5 Å². The van der Waals surface area contributed by atoms with Crippen molar-refractivity contribution in [1.29, 1.82) is 0 Å². The number of para-hydroxylation sites is 1. The minimum absolute atomic E-state index is 0.00403. The number of hydrogen-bond donors (Lipinski definition) is 0. The van der Waals surface area contributed by atoms with Gasteiger partial charge in [-0.15, -0.1) is 0 Å². The number of methoxy groups -OCH3 is 1. The number of ether oxygens (including phenoxy) is 2. The van der Waals surface area contributed by atoms with Crippen LogP contribution in [0.5, 0.6) is 5.75 Å². The van der Waals surface area contributed by atoms with Gasteiger partial charge in [-0.2, -0.15) is 0 Å². The van der Waals surface area contributed by atoms with Crippen LogP contribution in [-0.4, -0.2) is 25.6 Å². The van der Waals surface area contributed by atoms with Gasteiger partial charge in [-0.25, -0.2) is 0 Å². The maximum absolute atomic E-state index is 11.6. The fourth-order valence-electron chi connectivity index (χ4n) is 1.39. The van der Waals surface area contributed by atoms with Crippen LogP contribution in [0.15, 0.2) is 24.3 Å². The summed E-state index contributed by atoms with van der Waals surface area (Å²) in [5.74, 6) is 0.658. The number of carbonyl (C=O) groups excluding carboxylic acids is 1. The van der Waals surface area contributed by atoms with E-state index in [4.69, 9.17) is 9.47 Å². The molecule has 0 bridgehead atoms. The SMILES string of the molecule is COC1COc2ccccc2C1=O. The Labute approximate surface area is 76.3 Å². The first kappa shape index (κ1) is 8.26. The third kappa shape index (κ3) is 1.31. The maximum Gasteiger partial charge on any atom is 0.198 e. The molecule has 0 radical (unpaired) electrons. The Balaban J connectivity index is 2.39. The van der Waals surface area contributed by atoms with Gasteiger partial charge in [-0.3, -0.25) is 4.79 Å². The third-order valence-corrected chi connectivity index (χ3v) is 2.12. The minimum atomic E-state index is -0.449. The Bertz CT molecular complexity index is 333. The molecule has 2 rings (SSSR count). The van der Waals surface area contributed by atoms with Crippen LogP contribution in [0.4, 0.5) is 0 Å². The van der Waals surface area contributed by atoms with Crippen molar-refractivity contribution in [1.82, 2.24) is 0 Å². The lowest BCUT2D eigenvalue weighted by Gasteiger charge is -2.22. The number of benzene rings is 1. The summed E-state index contributed by atoms with van der Waals surface area (Å²) >= 11 is 0. The molecular weight excluding hydrogens is 168 g/mol. The van der Waals surface area contributed by atoms with E-state index in [2.05, 4.69) is 0 Å². The predicted molar refractivity (Wildman–Crippen MR) is 47.1 cm³/mol. The molecule has 1 atom stereocenters. The zero-order valence-corrected chi connectivity index (χ0v) is 7.32. The highest BCUT2D eigenvalue weighted by molar-refractivity contribution is 6.02. The monoisotopic (exact) mass is 178 g/mol. The van der Waals surface area contributed by atoms with Crippen LogP contribution >= 0.6 is 0 Å². The lowest BCUT2D eigenvalue weighted by molar-refractivity contribution is 0.0368. The molecule has 0 saturated heterocycles. The fourth-order valence-corrected chi connectivity index (χ4v) is 1.39. The van der Waals surface area contributed by atoms with E-state index in [-0.39, 0.29) is 5.78 Å². The number of ketones is 1. The van der Waals surface area contributed by atoms with Crippen molar-refractivity contribution < 1.29 is 14.3 Å². The maximum atomic E-state index is 11.6. The fraction of sp³-hybridized carbons (Fsp3) is 0.300. The molecule has 0 aromatic heterocycles. The highest BCUT2D eigenvalue weighted by atomic mass is 16.5. The molecule has 1 aliphatic heterocycles. The molecule has 1 heterocycles. The van der Waals surface area contributed by atoms with Gasteiger partial charge in [0.2, 0.25) is 0 Å². The van der Waals surface area contributed by atoms with Crippen molar-refractivity contribution in [2.75, 3.05) is 13.7 Å². The van der Waals surface area contributed by atoms with Crippen LogP contribution < -0.4 is 4.74 Å². The molecule has 0 spiro atoms. The normalized spacial score (nSPS) is 20.7. The van der Waals surface area contributed by atoms with E-state index in [1.165, 1.54) is 7.11 Å². The molecule has 0 aliphatic carbocycles. The molecule has 1 aliphatic rings. The second-order valence-corrected chi connectivity index (χ2v) is 2.90. The van der Waals surface area contributed by atoms with Gasteiger partial charge < -0.3 is 9.47 Å². The van der Waals surface area contributed by atoms with E-state index < -0.39 is 6.10 Å². The summed E-state index contributed by atoms with van der Waals surface area (Å²) < 4.78 is 10.3. The molecule has 1 unspecified atom stereocenters. The van der Waals surface area contributed by atoms with Crippen molar-refractivity contribution in [3.8, 4) is 5.75 Å². The quantitative estimate of drug-likeness (QED) is 0.649. The first-order valence-corrected chi connectivity index (χ1v) is 4.12. The summed E-state index contributed by atoms with van der Waals surface area (Å²) in [6, 6.07) is 7.21. The summed E-state index contributed by atoms with van der Waals surface area (Å²) in [5.41, 5.74) is 0.612. The lowest BCUT2D eigenvalue weighted by atomic mass is 10.0. The van der Waals surface area contributed by atoms with Gasteiger partial charge in [0.15, 0.2) is 11.9 Å². The molecule has 13 heavy (non-hydrogen) atoms. The summed E-state index contributed by atoms with van der Waals surface area (Å²) in [6.45, 7) is 0.312. The first-order chi connectivity index (χ1) is 6.33. The molecule has 0 saturated carbocycles. The van der Waals surface area contributed by atoms with Crippen LogP contribution in [0.25, 0.3) is 0 Å². The van der Waals surface area contributed by atoms with E-state index >= 15 is 0 Å². The second-order valence-electron chi connectivity index (χ2n) is 2.90.